The number of halogens is 3. The molecule has 1 aromatic heterocycles. The van der Waals surface area contributed by atoms with E-state index < -0.39 is 21.5 Å². The maximum atomic E-state index is 14.6. The minimum absolute atomic E-state index is 0.0734. The summed E-state index contributed by atoms with van der Waals surface area (Å²) in [6.07, 6.45) is 1.11. The number of rotatable bonds is 4. The Morgan fingerprint density at radius 2 is 1.57 bits per heavy atom. The molecule has 4 rings (SSSR count). The van der Waals surface area contributed by atoms with Crippen molar-refractivity contribution in [2.45, 2.75) is 4.90 Å². The summed E-state index contributed by atoms with van der Waals surface area (Å²) in [5.41, 5.74) is 1.33. The summed E-state index contributed by atoms with van der Waals surface area (Å²) in [4.78, 5) is 5.13. The van der Waals surface area contributed by atoms with Gasteiger partial charge in [-0.1, -0.05) is 48.0 Å². The van der Waals surface area contributed by atoms with Gasteiger partial charge in [0, 0.05) is 29.0 Å². The van der Waals surface area contributed by atoms with E-state index in [9.17, 15) is 17.2 Å². The van der Waals surface area contributed by atoms with Crippen LogP contribution in [0.3, 0.4) is 0 Å². The van der Waals surface area contributed by atoms with Crippen molar-refractivity contribution in [1.82, 2.24) is 4.98 Å². The first-order valence-electron chi connectivity index (χ1n) is 8.76. The van der Waals surface area contributed by atoms with E-state index in [1.165, 1.54) is 23.5 Å². The highest BCUT2D eigenvalue weighted by Gasteiger charge is 2.24. The van der Waals surface area contributed by atoms with Gasteiger partial charge in [0.05, 0.1) is 20.5 Å². The van der Waals surface area contributed by atoms with Gasteiger partial charge >= 0.3 is 0 Å². The maximum absolute atomic E-state index is 14.6. The first kappa shape index (κ1) is 20.7. The summed E-state index contributed by atoms with van der Waals surface area (Å²) in [6, 6.07) is 16.7. The highest BCUT2D eigenvalue weighted by Crippen LogP contribution is 2.44. The van der Waals surface area contributed by atoms with Crippen LogP contribution in [0.2, 0.25) is 5.02 Å². The van der Waals surface area contributed by atoms with E-state index in [2.05, 4.69) is 4.98 Å². The fourth-order valence-corrected chi connectivity index (χ4v) is 5.49. The van der Waals surface area contributed by atoms with Gasteiger partial charge in [0.15, 0.2) is 9.84 Å². The van der Waals surface area contributed by atoms with Gasteiger partial charge in [0.1, 0.15) is 16.6 Å². The molecule has 0 N–H and O–H groups in total. The van der Waals surface area contributed by atoms with Gasteiger partial charge in [-0.3, -0.25) is 0 Å². The molecule has 0 radical (unpaired) electrons. The minimum Gasteiger partial charge on any atom is -0.235 e. The molecule has 0 aliphatic carbocycles. The topological polar surface area (TPSA) is 47.0 Å². The van der Waals surface area contributed by atoms with E-state index in [0.29, 0.717) is 26.0 Å². The molecule has 4 aromatic rings. The summed E-state index contributed by atoms with van der Waals surface area (Å²) in [5, 5.41) is 0.956. The Kier molecular flexibility index (Phi) is 5.44. The number of nitrogens with zero attached hydrogens (tertiary/aromatic N) is 1. The zero-order valence-electron chi connectivity index (χ0n) is 15.6. The van der Waals surface area contributed by atoms with E-state index in [0.717, 1.165) is 18.4 Å². The number of hydrogen-bond donors (Lipinski definition) is 0. The molecule has 0 saturated carbocycles. The van der Waals surface area contributed by atoms with Crippen LogP contribution in [0.15, 0.2) is 71.6 Å². The average molecular weight is 462 g/mol. The smallest absolute Gasteiger partial charge is 0.176 e. The van der Waals surface area contributed by atoms with Crippen LogP contribution in [0.5, 0.6) is 0 Å². The van der Waals surface area contributed by atoms with Crippen LogP contribution in [-0.2, 0) is 9.84 Å². The van der Waals surface area contributed by atoms with Crippen LogP contribution >= 0.6 is 22.9 Å². The standard InChI is InChI=1S/C22H14ClF2NO2S2/c1-30(27,28)19-9-5-3-7-16(19)21-20(15-11-10-13(24)12-18(15)25)26-22(29-21)14-6-2-4-8-17(14)23/h2-12H,1H3. The van der Waals surface area contributed by atoms with Crippen LogP contribution in [0, 0.1) is 11.6 Å². The molecule has 0 aliphatic heterocycles. The van der Waals surface area contributed by atoms with Crippen molar-refractivity contribution < 1.29 is 17.2 Å². The molecule has 30 heavy (non-hydrogen) atoms. The first-order valence-corrected chi connectivity index (χ1v) is 11.8. The van der Waals surface area contributed by atoms with E-state index in [4.69, 9.17) is 11.6 Å². The number of aromatic nitrogens is 1. The third kappa shape index (κ3) is 3.88. The molecule has 0 amide bonds. The highest BCUT2D eigenvalue weighted by molar-refractivity contribution is 7.90. The number of benzene rings is 3. The lowest BCUT2D eigenvalue weighted by molar-refractivity contribution is 0.585. The van der Waals surface area contributed by atoms with Crippen LogP contribution in [0.25, 0.3) is 32.3 Å². The molecule has 3 aromatic carbocycles. The fourth-order valence-electron chi connectivity index (χ4n) is 3.09. The number of thiazole rings is 1. The molecule has 0 unspecified atom stereocenters. The third-order valence-corrected chi connectivity index (χ3v) is 7.06. The second kappa shape index (κ2) is 7.91. The maximum Gasteiger partial charge on any atom is 0.176 e. The van der Waals surface area contributed by atoms with Crippen molar-refractivity contribution in [1.29, 1.82) is 0 Å². The van der Waals surface area contributed by atoms with Gasteiger partial charge in [-0.2, -0.15) is 0 Å². The van der Waals surface area contributed by atoms with Gasteiger partial charge in [0.2, 0.25) is 0 Å². The van der Waals surface area contributed by atoms with Crippen molar-refractivity contribution in [3.05, 3.63) is 83.4 Å². The fraction of sp³-hybridized carbons (Fsp3) is 0.0455. The van der Waals surface area contributed by atoms with Crippen molar-refractivity contribution in [3.8, 4) is 32.3 Å². The molecule has 152 valence electrons. The second-order valence-electron chi connectivity index (χ2n) is 6.57. The summed E-state index contributed by atoms with van der Waals surface area (Å²) >= 11 is 7.51. The van der Waals surface area contributed by atoms with E-state index in [1.807, 2.05) is 0 Å². The largest absolute Gasteiger partial charge is 0.235 e. The number of hydrogen-bond acceptors (Lipinski definition) is 4. The van der Waals surface area contributed by atoms with Gasteiger partial charge in [-0.05, 0) is 24.3 Å². The predicted molar refractivity (Wildman–Crippen MR) is 116 cm³/mol. The minimum atomic E-state index is -3.56. The Balaban J connectivity index is 2.05. The Labute approximate surface area is 181 Å². The zero-order chi connectivity index (χ0) is 21.5. The molecule has 0 saturated heterocycles. The highest BCUT2D eigenvalue weighted by atomic mass is 35.5. The normalized spacial score (nSPS) is 11.6. The predicted octanol–water partition coefficient (Wildman–Crippen LogP) is 6.48. The first-order chi connectivity index (χ1) is 14.3. The molecule has 8 heteroatoms. The van der Waals surface area contributed by atoms with Crippen LogP contribution < -0.4 is 0 Å². The SMILES string of the molecule is CS(=O)(=O)c1ccccc1-c1sc(-c2ccccc2Cl)nc1-c1ccc(F)cc1F. The summed E-state index contributed by atoms with van der Waals surface area (Å²) < 4.78 is 52.8. The van der Waals surface area contributed by atoms with Crippen LogP contribution in [0.4, 0.5) is 8.78 Å². The quantitative estimate of drug-likeness (QED) is 0.349. The molecule has 0 fully saturated rings. The lowest BCUT2D eigenvalue weighted by Crippen LogP contribution is -1.99. The lowest BCUT2D eigenvalue weighted by atomic mass is 10.1. The molecular formula is C22H14ClF2NO2S2. The van der Waals surface area contributed by atoms with Gasteiger partial charge in [0.25, 0.3) is 0 Å². The Hall–Kier alpha value is -2.61. The third-order valence-electron chi connectivity index (χ3n) is 4.45. The van der Waals surface area contributed by atoms with Crippen molar-refractivity contribution in [2.75, 3.05) is 6.26 Å². The molecular weight excluding hydrogens is 448 g/mol. The Morgan fingerprint density at radius 3 is 2.23 bits per heavy atom. The van der Waals surface area contributed by atoms with Crippen molar-refractivity contribution >= 4 is 32.8 Å². The summed E-state index contributed by atoms with van der Waals surface area (Å²) in [5.74, 6) is -1.50. The van der Waals surface area contributed by atoms with E-state index in [1.54, 1.807) is 42.5 Å². The van der Waals surface area contributed by atoms with Gasteiger partial charge in [-0.25, -0.2) is 22.2 Å². The molecule has 1 heterocycles. The van der Waals surface area contributed by atoms with Crippen LogP contribution in [0.1, 0.15) is 0 Å². The summed E-state index contributed by atoms with van der Waals surface area (Å²) in [6.45, 7) is 0. The number of sulfone groups is 1. The van der Waals surface area contributed by atoms with E-state index >= 15 is 0 Å². The van der Waals surface area contributed by atoms with Gasteiger partial charge in [-0.15, -0.1) is 11.3 Å². The molecule has 3 nitrogen and oxygen atoms in total. The molecule has 0 atom stereocenters. The average Bonchev–Trinajstić information content (AvgIpc) is 3.12. The second-order valence-corrected chi connectivity index (χ2v) is 9.96. The van der Waals surface area contributed by atoms with Crippen molar-refractivity contribution in [2.24, 2.45) is 0 Å². The Morgan fingerprint density at radius 1 is 0.900 bits per heavy atom. The molecule has 0 spiro atoms. The van der Waals surface area contributed by atoms with Crippen LogP contribution in [-0.4, -0.2) is 19.7 Å². The molecule has 0 aliphatic rings. The van der Waals surface area contributed by atoms with Gasteiger partial charge < -0.3 is 0 Å². The van der Waals surface area contributed by atoms with E-state index in [-0.39, 0.29) is 16.2 Å². The summed E-state index contributed by atoms with van der Waals surface area (Å²) in [7, 11) is -3.56. The lowest BCUT2D eigenvalue weighted by Gasteiger charge is -2.08. The molecule has 0 bridgehead atoms. The zero-order valence-corrected chi connectivity index (χ0v) is 18.0. The monoisotopic (exact) mass is 461 g/mol. The Bertz CT molecular complexity index is 1370. The van der Waals surface area contributed by atoms with Crippen molar-refractivity contribution in [3.63, 3.8) is 0 Å².